The Morgan fingerprint density at radius 3 is 2.18 bits per heavy atom. The fourth-order valence-corrected chi connectivity index (χ4v) is 2.77. The summed E-state index contributed by atoms with van der Waals surface area (Å²) in [6, 6.07) is 9.17. The number of anilines is 1. The molecule has 0 spiro atoms. The van der Waals surface area contributed by atoms with Crippen molar-refractivity contribution in [1.82, 2.24) is 0 Å². The molecule has 0 fully saturated rings. The van der Waals surface area contributed by atoms with Gasteiger partial charge < -0.3 is 5.32 Å². The van der Waals surface area contributed by atoms with Gasteiger partial charge in [0.25, 0.3) is 0 Å². The highest BCUT2D eigenvalue weighted by molar-refractivity contribution is 5.50. The van der Waals surface area contributed by atoms with Crippen molar-refractivity contribution in [2.75, 3.05) is 5.32 Å². The molecule has 0 bridgehead atoms. The van der Waals surface area contributed by atoms with Crippen molar-refractivity contribution in [3.05, 3.63) is 53.6 Å². The monoisotopic (exact) mass is 297 g/mol. The molecule has 1 aromatic carbocycles. The molecule has 0 radical (unpaired) electrons. The first-order valence-corrected chi connectivity index (χ1v) is 8.35. The molecule has 120 valence electrons. The van der Waals surface area contributed by atoms with Gasteiger partial charge in [-0.25, -0.2) is 0 Å². The summed E-state index contributed by atoms with van der Waals surface area (Å²) in [6.07, 6.45) is 7.01. The highest BCUT2D eigenvalue weighted by Crippen LogP contribution is 2.32. The maximum absolute atomic E-state index is 3.68. The smallest absolute Gasteiger partial charge is 0.0507 e. The van der Waals surface area contributed by atoms with Gasteiger partial charge >= 0.3 is 0 Å². The lowest BCUT2D eigenvalue weighted by Gasteiger charge is -2.30. The van der Waals surface area contributed by atoms with Gasteiger partial charge in [0, 0.05) is 5.69 Å². The molecule has 2 rings (SSSR count). The lowest BCUT2D eigenvalue weighted by molar-refractivity contribution is 0.499. The molecule has 1 aromatic rings. The number of nitrogens with one attached hydrogen (secondary N) is 1. The van der Waals surface area contributed by atoms with E-state index >= 15 is 0 Å². The second-order valence-electron chi connectivity index (χ2n) is 8.59. The number of benzene rings is 1. The van der Waals surface area contributed by atoms with Crippen molar-refractivity contribution in [2.45, 2.75) is 59.9 Å². The molecule has 0 saturated carbocycles. The maximum atomic E-state index is 3.68. The van der Waals surface area contributed by atoms with E-state index in [1.54, 1.807) is 0 Å². The van der Waals surface area contributed by atoms with E-state index < -0.39 is 0 Å². The highest BCUT2D eigenvalue weighted by Gasteiger charge is 2.23. The standard InChI is InChI=1S/C21H31N/c1-15-13-17(21(5,6)7)11-12-19(15)22-18-10-8-9-16(14-18)20(2,3)4/h8-15,19,22H,1-7H3. The molecule has 22 heavy (non-hydrogen) atoms. The Morgan fingerprint density at radius 2 is 1.64 bits per heavy atom. The zero-order chi connectivity index (χ0) is 16.5. The molecule has 1 aliphatic carbocycles. The van der Waals surface area contributed by atoms with E-state index in [0.29, 0.717) is 12.0 Å². The van der Waals surface area contributed by atoms with Gasteiger partial charge in [-0.1, -0.05) is 78.8 Å². The van der Waals surface area contributed by atoms with Crippen LogP contribution in [-0.2, 0) is 5.41 Å². The number of rotatable bonds is 2. The van der Waals surface area contributed by atoms with Crippen LogP contribution in [0.4, 0.5) is 5.69 Å². The summed E-state index contributed by atoms with van der Waals surface area (Å²) >= 11 is 0. The van der Waals surface area contributed by atoms with Crippen molar-refractivity contribution in [2.24, 2.45) is 11.3 Å². The second kappa shape index (κ2) is 5.95. The lowest BCUT2D eigenvalue weighted by Crippen LogP contribution is -2.28. The van der Waals surface area contributed by atoms with E-state index in [2.05, 4.69) is 96.3 Å². The Hall–Kier alpha value is -1.50. The Kier molecular flexibility index (Phi) is 4.56. The minimum atomic E-state index is 0.186. The van der Waals surface area contributed by atoms with E-state index in [-0.39, 0.29) is 10.8 Å². The molecular formula is C21H31N. The number of hydrogen-bond donors (Lipinski definition) is 1. The van der Waals surface area contributed by atoms with Gasteiger partial charge in [0.05, 0.1) is 6.04 Å². The molecule has 1 N–H and O–H groups in total. The lowest BCUT2D eigenvalue weighted by atomic mass is 9.80. The average molecular weight is 297 g/mol. The van der Waals surface area contributed by atoms with Crippen LogP contribution in [0.25, 0.3) is 0 Å². The zero-order valence-electron chi connectivity index (χ0n) is 15.2. The summed E-state index contributed by atoms with van der Waals surface area (Å²) in [7, 11) is 0. The maximum Gasteiger partial charge on any atom is 0.0507 e. The third-order valence-electron chi connectivity index (χ3n) is 4.42. The third kappa shape index (κ3) is 4.03. The Labute approximate surface area is 136 Å². The van der Waals surface area contributed by atoms with Crippen LogP contribution in [0.1, 0.15) is 54.0 Å². The van der Waals surface area contributed by atoms with Crippen LogP contribution in [0.15, 0.2) is 48.1 Å². The van der Waals surface area contributed by atoms with Crippen molar-refractivity contribution in [1.29, 1.82) is 0 Å². The Bertz CT molecular complexity index is 579. The van der Waals surface area contributed by atoms with Crippen molar-refractivity contribution in [3.63, 3.8) is 0 Å². The second-order valence-corrected chi connectivity index (χ2v) is 8.59. The summed E-state index contributed by atoms with van der Waals surface area (Å²) in [6.45, 7) is 15.9. The first kappa shape index (κ1) is 16.9. The molecule has 0 saturated heterocycles. The molecule has 1 heteroatoms. The molecule has 0 amide bonds. The largest absolute Gasteiger partial charge is 0.378 e. The van der Waals surface area contributed by atoms with Crippen LogP contribution in [0, 0.1) is 11.3 Å². The van der Waals surface area contributed by atoms with Gasteiger partial charge in [0.15, 0.2) is 0 Å². The van der Waals surface area contributed by atoms with E-state index in [1.807, 2.05) is 0 Å². The van der Waals surface area contributed by atoms with Crippen molar-refractivity contribution >= 4 is 5.69 Å². The predicted octanol–water partition coefficient (Wildman–Crippen LogP) is 5.94. The molecule has 0 aromatic heterocycles. The van der Waals surface area contributed by atoms with Gasteiger partial charge in [-0.05, 0) is 40.0 Å². The number of allylic oxidation sites excluding steroid dienone is 2. The van der Waals surface area contributed by atoms with E-state index in [0.717, 1.165) is 0 Å². The SMILES string of the molecule is CC1C=C(C(C)(C)C)C=CC1Nc1cccc(C(C)(C)C)c1. The summed E-state index contributed by atoms with van der Waals surface area (Å²) in [5.74, 6) is 0.498. The molecular weight excluding hydrogens is 266 g/mol. The van der Waals surface area contributed by atoms with Crippen molar-refractivity contribution in [3.8, 4) is 0 Å². The first-order valence-electron chi connectivity index (χ1n) is 8.35. The normalized spacial score (nSPS) is 22.4. The van der Waals surface area contributed by atoms with E-state index in [4.69, 9.17) is 0 Å². The van der Waals surface area contributed by atoms with E-state index in [1.165, 1.54) is 16.8 Å². The van der Waals surface area contributed by atoms with Crippen LogP contribution >= 0.6 is 0 Å². The Balaban J connectivity index is 2.14. The fourth-order valence-electron chi connectivity index (χ4n) is 2.77. The first-order chi connectivity index (χ1) is 10.1. The van der Waals surface area contributed by atoms with Gasteiger partial charge in [-0.2, -0.15) is 0 Å². The highest BCUT2D eigenvalue weighted by atomic mass is 14.9. The van der Waals surface area contributed by atoms with Crippen LogP contribution in [-0.4, -0.2) is 6.04 Å². The minimum Gasteiger partial charge on any atom is -0.378 e. The van der Waals surface area contributed by atoms with E-state index in [9.17, 15) is 0 Å². The quantitative estimate of drug-likeness (QED) is 0.712. The number of hydrogen-bond acceptors (Lipinski definition) is 1. The minimum absolute atomic E-state index is 0.186. The van der Waals surface area contributed by atoms with Gasteiger partial charge in [-0.3, -0.25) is 0 Å². The molecule has 1 aliphatic rings. The molecule has 1 nitrogen and oxygen atoms in total. The van der Waals surface area contributed by atoms with Gasteiger partial charge in [-0.15, -0.1) is 0 Å². The average Bonchev–Trinajstić information content (AvgIpc) is 2.39. The van der Waals surface area contributed by atoms with Crippen molar-refractivity contribution < 1.29 is 0 Å². The molecule has 0 heterocycles. The zero-order valence-corrected chi connectivity index (χ0v) is 15.2. The Morgan fingerprint density at radius 1 is 0.955 bits per heavy atom. The molecule has 2 atom stereocenters. The van der Waals surface area contributed by atoms with Gasteiger partial charge in [0.1, 0.15) is 0 Å². The molecule has 0 aliphatic heterocycles. The van der Waals surface area contributed by atoms with Crippen LogP contribution in [0.2, 0.25) is 0 Å². The van der Waals surface area contributed by atoms with Crippen LogP contribution < -0.4 is 5.32 Å². The molecule has 2 unspecified atom stereocenters. The fraction of sp³-hybridized carbons (Fsp3) is 0.524. The van der Waals surface area contributed by atoms with Crippen LogP contribution in [0.5, 0.6) is 0 Å². The van der Waals surface area contributed by atoms with Gasteiger partial charge in [0.2, 0.25) is 0 Å². The summed E-state index contributed by atoms with van der Waals surface area (Å²) in [5, 5.41) is 3.68. The predicted molar refractivity (Wildman–Crippen MR) is 98.4 cm³/mol. The summed E-state index contributed by atoms with van der Waals surface area (Å²) < 4.78 is 0. The summed E-state index contributed by atoms with van der Waals surface area (Å²) in [4.78, 5) is 0. The summed E-state index contributed by atoms with van der Waals surface area (Å²) in [5.41, 5.74) is 4.42. The third-order valence-corrected chi connectivity index (χ3v) is 4.42. The topological polar surface area (TPSA) is 12.0 Å². The van der Waals surface area contributed by atoms with Crippen LogP contribution in [0.3, 0.4) is 0 Å².